The van der Waals surface area contributed by atoms with E-state index in [1.54, 1.807) is 0 Å². The predicted molar refractivity (Wildman–Crippen MR) is 77.9 cm³/mol. The summed E-state index contributed by atoms with van der Waals surface area (Å²) in [5.41, 5.74) is 0.990. The van der Waals surface area contributed by atoms with Crippen molar-refractivity contribution < 1.29 is 4.42 Å². The summed E-state index contributed by atoms with van der Waals surface area (Å²) < 4.78 is 5.72. The van der Waals surface area contributed by atoms with Crippen molar-refractivity contribution in [1.29, 1.82) is 0 Å². The van der Waals surface area contributed by atoms with Crippen LogP contribution in [0.2, 0.25) is 0 Å². The molecule has 1 aliphatic carbocycles. The van der Waals surface area contributed by atoms with E-state index in [2.05, 4.69) is 10.2 Å². The van der Waals surface area contributed by atoms with Gasteiger partial charge in [0.2, 0.25) is 11.8 Å². The fourth-order valence-electron chi connectivity index (χ4n) is 2.43. The van der Waals surface area contributed by atoms with Crippen molar-refractivity contribution in [2.24, 2.45) is 0 Å². The highest BCUT2D eigenvalue weighted by atomic mass is 32.2. The predicted octanol–water partition coefficient (Wildman–Crippen LogP) is 4.30. The second-order valence-electron chi connectivity index (χ2n) is 4.94. The Morgan fingerprint density at radius 2 is 1.84 bits per heavy atom. The van der Waals surface area contributed by atoms with Crippen LogP contribution in [0.4, 0.5) is 0 Å². The minimum atomic E-state index is 0.625. The zero-order valence-corrected chi connectivity index (χ0v) is 11.7. The first-order valence-electron chi connectivity index (χ1n) is 6.91. The van der Waals surface area contributed by atoms with Gasteiger partial charge in [-0.15, -0.1) is 22.0 Å². The van der Waals surface area contributed by atoms with Gasteiger partial charge >= 0.3 is 0 Å². The van der Waals surface area contributed by atoms with Gasteiger partial charge < -0.3 is 4.42 Å². The highest BCUT2D eigenvalue weighted by Gasteiger charge is 2.15. The monoisotopic (exact) mass is 274 g/mol. The van der Waals surface area contributed by atoms with Crippen molar-refractivity contribution in [3.05, 3.63) is 36.2 Å². The van der Waals surface area contributed by atoms with Gasteiger partial charge in [0.05, 0.1) is 5.75 Å². The van der Waals surface area contributed by atoms with Crippen LogP contribution < -0.4 is 0 Å². The molecule has 100 valence electrons. The molecule has 19 heavy (non-hydrogen) atoms. The maximum absolute atomic E-state index is 5.72. The fraction of sp³-hybridized carbons (Fsp3) is 0.467. The van der Waals surface area contributed by atoms with E-state index in [-0.39, 0.29) is 0 Å². The Bertz CT molecular complexity index is 506. The SMILES string of the molecule is c1ccc(-c2nnc(CSC3CCCCC3)o2)cc1. The second-order valence-corrected chi connectivity index (χ2v) is 6.23. The number of aromatic nitrogens is 2. The number of nitrogens with zero attached hydrogens (tertiary/aromatic N) is 2. The Hall–Kier alpha value is -1.29. The molecule has 0 amide bonds. The highest BCUT2D eigenvalue weighted by Crippen LogP contribution is 2.30. The van der Waals surface area contributed by atoms with Crippen molar-refractivity contribution in [2.45, 2.75) is 43.1 Å². The lowest BCUT2D eigenvalue weighted by atomic mass is 10.0. The molecule has 1 heterocycles. The third-order valence-corrected chi connectivity index (χ3v) is 4.84. The van der Waals surface area contributed by atoms with Crippen LogP contribution in [0.15, 0.2) is 34.7 Å². The molecule has 2 aromatic rings. The average Bonchev–Trinajstić information content (AvgIpc) is 2.96. The average molecular weight is 274 g/mol. The van der Waals surface area contributed by atoms with Crippen molar-refractivity contribution in [3.8, 4) is 11.5 Å². The van der Waals surface area contributed by atoms with Gasteiger partial charge in [-0.1, -0.05) is 37.5 Å². The van der Waals surface area contributed by atoms with Gasteiger partial charge in [-0.05, 0) is 25.0 Å². The summed E-state index contributed by atoms with van der Waals surface area (Å²) in [5, 5.41) is 9.04. The van der Waals surface area contributed by atoms with E-state index in [1.165, 1.54) is 32.1 Å². The lowest BCUT2D eigenvalue weighted by Gasteiger charge is -2.19. The molecule has 0 N–H and O–H groups in total. The van der Waals surface area contributed by atoms with Crippen molar-refractivity contribution in [1.82, 2.24) is 10.2 Å². The van der Waals surface area contributed by atoms with Crippen molar-refractivity contribution in [2.75, 3.05) is 0 Å². The topological polar surface area (TPSA) is 38.9 Å². The second kappa shape index (κ2) is 6.24. The van der Waals surface area contributed by atoms with E-state index in [0.717, 1.165) is 22.5 Å². The van der Waals surface area contributed by atoms with E-state index < -0.39 is 0 Å². The van der Waals surface area contributed by atoms with Crippen molar-refractivity contribution >= 4 is 11.8 Å². The molecule has 1 aromatic carbocycles. The molecule has 1 aliphatic rings. The van der Waals surface area contributed by atoms with Crippen LogP contribution >= 0.6 is 11.8 Å². The van der Waals surface area contributed by atoms with E-state index in [0.29, 0.717) is 5.89 Å². The summed E-state index contributed by atoms with van der Waals surface area (Å²) in [4.78, 5) is 0. The maximum Gasteiger partial charge on any atom is 0.247 e. The van der Waals surface area contributed by atoms with E-state index in [4.69, 9.17) is 4.42 Å². The number of hydrogen-bond donors (Lipinski definition) is 0. The molecule has 0 unspecified atom stereocenters. The molecule has 4 heteroatoms. The van der Waals surface area contributed by atoms with Crippen LogP contribution in [0.25, 0.3) is 11.5 Å². The molecule has 0 aliphatic heterocycles. The van der Waals surface area contributed by atoms with Crippen LogP contribution in [0.1, 0.15) is 38.0 Å². The number of thioether (sulfide) groups is 1. The van der Waals surface area contributed by atoms with Crippen LogP contribution in [0.3, 0.4) is 0 Å². The molecule has 0 atom stereocenters. The van der Waals surface area contributed by atoms with Gasteiger partial charge in [0.25, 0.3) is 0 Å². The lowest BCUT2D eigenvalue weighted by molar-refractivity contribution is 0.510. The van der Waals surface area contributed by atoms with Gasteiger partial charge in [-0.2, -0.15) is 0 Å². The van der Waals surface area contributed by atoms with E-state index in [1.807, 2.05) is 42.1 Å². The first kappa shape index (κ1) is 12.7. The Morgan fingerprint density at radius 3 is 2.63 bits per heavy atom. The third-order valence-electron chi connectivity index (χ3n) is 3.48. The number of benzene rings is 1. The molecule has 3 rings (SSSR count). The minimum Gasteiger partial charge on any atom is -0.420 e. The summed E-state index contributed by atoms with van der Waals surface area (Å²) in [6, 6.07) is 9.93. The smallest absolute Gasteiger partial charge is 0.247 e. The molecule has 0 bridgehead atoms. The van der Waals surface area contributed by atoms with Crippen LogP contribution in [-0.4, -0.2) is 15.4 Å². The molecular formula is C15H18N2OS. The maximum atomic E-state index is 5.72. The first-order valence-corrected chi connectivity index (χ1v) is 7.96. The number of rotatable bonds is 4. The Labute approximate surface area is 117 Å². The molecular weight excluding hydrogens is 256 g/mol. The summed E-state index contributed by atoms with van der Waals surface area (Å²) >= 11 is 1.96. The molecule has 0 radical (unpaired) electrons. The highest BCUT2D eigenvalue weighted by molar-refractivity contribution is 7.99. The minimum absolute atomic E-state index is 0.625. The number of hydrogen-bond acceptors (Lipinski definition) is 4. The molecule has 0 spiro atoms. The standard InChI is InChI=1S/C15H18N2OS/c1-3-7-12(8-4-1)15-17-16-14(18-15)11-19-13-9-5-2-6-10-13/h1,3-4,7-8,13H,2,5-6,9-11H2. The summed E-state index contributed by atoms with van der Waals surface area (Å²) in [5.74, 6) is 2.21. The lowest BCUT2D eigenvalue weighted by Crippen LogP contribution is -2.08. The van der Waals surface area contributed by atoms with E-state index in [9.17, 15) is 0 Å². The third kappa shape index (κ3) is 3.38. The summed E-state index contributed by atoms with van der Waals surface area (Å²) in [7, 11) is 0. The molecule has 1 saturated carbocycles. The van der Waals surface area contributed by atoms with Gasteiger partial charge in [0.15, 0.2) is 0 Å². The molecule has 0 saturated heterocycles. The van der Waals surface area contributed by atoms with Crippen LogP contribution in [0.5, 0.6) is 0 Å². The normalized spacial score (nSPS) is 16.6. The fourth-order valence-corrected chi connectivity index (χ4v) is 3.59. The van der Waals surface area contributed by atoms with Gasteiger partial charge in [-0.25, -0.2) is 0 Å². The molecule has 1 fully saturated rings. The van der Waals surface area contributed by atoms with Crippen LogP contribution in [-0.2, 0) is 5.75 Å². The van der Waals surface area contributed by atoms with Gasteiger partial charge in [0.1, 0.15) is 0 Å². The Kier molecular flexibility index (Phi) is 4.18. The Morgan fingerprint density at radius 1 is 1.05 bits per heavy atom. The van der Waals surface area contributed by atoms with Crippen LogP contribution in [0, 0.1) is 0 Å². The first-order chi connectivity index (χ1) is 9.42. The summed E-state index contributed by atoms with van der Waals surface area (Å²) in [6.07, 6.45) is 6.82. The largest absolute Gasteiger partial charge is 0.420 e. The van der Waals surface area contributed by atoms with E-state index >= 15 is 0 Å². The Balaban J connectivity index is 1.59. The quantitative estimate of drug-likeness (QED) is 0.833. The zero-order chi connectivity index (χ0) is 12.9. The van der Waals surface area contributed by atoms with Gasteiger partial charge in [-0.3, -0.25) is 0 Å². The molecule has 1 aromatic heterocycles. The summed E-state index contributed by atoms with van der Waals surface area (Å²) in [6.45, 7) is 0. The van der Waals surface area contributed by atoms with Gasteiger partial charge in [0, 0.05) is 10.8 Å². The zero-order valence-electron chi connectivity index (χ0n) is 10.9. The molecule has 3 nitrogen and oxygen atoms in total. The van der Waals surface area contributed by atoms with Crippen molar-refractivity contribution in [3.63, 3.8) is 0 Å².